The zero-order chi connectivity index (χ0) is 17.5. The van der Waals surface area contributed by atoms with Crippen LogP contribution in [0.1, 0.15) is 42.1 Å². The highest BCUT2D eigenvalue weighted by Gasteiger charge is 2.12. The zero-order valence-corrected chi connectivity index (χ0v) is 18.3. The quantitative estimate of drug-likeness (QED) is 0.336. The van der Waals surface area contributed by atoms with Gasteiger partial charge in [-0.2, -0.15) is 0 Å². The molecule has 128 valence electrons. The Morgan fingerprint density at radius 2 is 1.67 bits per heavy atom. The Morgan fingerprint density at radius 1 is 1.00 bits per heavy atom. The van der Waals surface area contributed by atoms with E-state index < -0.39 is 0 Å². The van der Waals surface area contributed by atoms with Gasteiger partial charge in [-0.15, -0.1) is 0 Å². The van der Waals surface area contributed by atoms with E-state index in [2.05, 4.69) is 87.9 Å². The minimum Gasteiger partial charge on any atom is -0.355 e. The van der Waals surface area contributed by atoms with Gasteiger partial charge in [0.2, 0.25) is 0 Å². The van der Waals surface area contributed by atoms with Crippen molar-refractivity contribution in [2.24, 2.45) is 0 Å². The van der Waals surface area contributed by atoms with Crippen LogP contribution >= 0.6 is 45.2 Å². The van der Waals surface area contributed by atoms with Crippen LogP contribution in [0.25, 0.3) is 0 Å². The van der Waals surface area contributed by atoms with Gasteiger partial charge in [0.15, 0.2) is 0 Å². The molecule has 0 aliphatic carbocycles. The molecule has 0 fully saturated rings. The van der Waals surface area contributed by atoms with E-state index in [4.69, 9.17) is 0 Å². The number of nitrogens with one attached hydrogen (secondary N) is 2. The van der Waals surface area contributed by atoms with Gasteiger partial charge >= 0.3 is 0 Å². The molecule has 0 spiro atoms. The number of rotatable bonds is 7. The average molecular weight is 548 g/mol. The van der Waals surface area contributed by atoms with Crippen molar-refractivity contribution in [2.75, 3.05) is 11.9 Å². The van der Waals surface area contributed by atoms with Gasteiger partial charge < -0.3 is 10.6 Å². The Kier molecular flexibility index (Phi) is 7.80. The number of hydrogen-bond acceptors (Lipinski definition) is 2. The third kappa shape index (κ3) is 5.61. The average Bonchev–Trinajstić information content (AvgIpc) is 2.55. The van der Waals surface area contributed by atoms with E-state index in [1.807, 2.05) is 18.2 Å². The van der Waals surface area contributed by atoms with Crippen molar-refractivity contribution in [3.63, 3.8) is 0 Å². The zero-order valence-electron chi connectivity index (χ0n) is 14.0. The van der Waals surface area contributed by atoms with Crippen molar-refractivity contribution in [1.29, 1.82) is 0 Å². The van der Waals surface area contributed by atoms with Crippen molar-refractivity contribution < 1.29 is 4.79 Å². The minimum atomic E-state index is -0.0183. The summed E-state index contributed by atoms with van der Waals surface area (Å²) in [6.07, 6.45) is 3.31. The van der Waals surface area contributed by atoms with Gasteiger partial charge in [0.25, 0.3) is 5.91 Å². The van der Waals surface area contributed by atoms with Crippen molar-refractivity contribution in [3.05, 3.63) is 54.7 Å². The summed E-state index contributed by atoms with van der Waals surface area (Å²) < 4.78 is 2.25. The van der Waals surface area contributed by atoms with Crippen LogP contribution in [0.3, 0.4) is 0 Å². The Bertz CT molecular complexity index is 717. The lowest BCUT2D eigenvalue weighted by Gasteiger charge is -2.15. The summed E-state index contributed by atoms with van der Waals surface area (Å²) in [5.41, 5.74) is 3.72. The van der Waals surface area contributed by atoms with Gasteiger partial charge in [-0.25, -0.2) is 0 Å². The Hall–Kier alpha value is -0.830. The Morgan fingerprint density at radius 3 is 2.33 bits per heavy atom. The van der Waals surface area contributed by atoms with Crippen LogP contribution in [0.15, 0.2) is 36.4 Å². The maximum absolute atomic E-state index is 12.6. The highest BCUT2D eigenvalue weighted by molar-refractivity contribution is 14.1. The molecule has 0 heterocycles. The molecule has 0 bridgehead atoms. The second-order valence-corrected chi connectivity index (χ2v) is 8.23. The summed E-state index contributed by atoms with van der Waals surface area (Å²) in [5, 5.41) is 6.44. The summed E-state index contributed by atoms with van der Waals surface area (Å²) in [7, 11) is 0. The number of amides is 1. The van der Waals surface area contributed by atoms with Gasteiger partial charge in [0.1, 0.15) is 0 Å². The standard InChI is InChI=1S/C19H22I2N2O/c1-3-4-5-10-22-19(24)16-12-15(21)7-9-18(16)23-17-8-6-14(20)11-13(17)2/h6-9,11-12,23H,3-5,10H2,1-2H3,(H,22,24). The van der Waals surface area contributed by atoms with Crippen molar-refractivity contribution in [1.82, 2.24) is 5.32 Å². The van der Waals surface area contributed by atoms with Crippen molar-refractivity contribution >= 4 is 62.5 Å². The van der Waals surface area contributed by atoms with Crippen molar-refractivity contribution in [3.8, 4) is 0 Å². The van der Waals surface area contributed by atoms with E-state index in [0.717, 1.165) is 46.3 Å². The molecule has 0 atom stereocenters. The van der Waals surface area contributed by atoms with E-state index in [0.29, 0.717) is 5.56 Å². The van der Waals surface area contributed by atoms with Gasteiger partial charge in [-0.3, -0.25) is 4.79 Å². The molecule has 0 radical (unpaired) electrons. The summed E-state index contributed by atoms with van der Waals surface area (Å²) in [5.74, 6) is -0.0183. The Balaban J connectivity index is 2.19. The number of unbranched alkanes of at least 4 members (excludes halogenated alkanes) is 2. The smallest absolute Gasteiger partial charge is 0.253 e. The fraction of sp³-hybridized carbons (Fsp3) is 0.316. The molecule has 2 aromatic carbocycles. The summed E-state index contributed by atoms with van der Waals surface area (Å²) >= 11 is 4.54. The molecule has 24 heavy (non-hydrogen) atoms. The second-order valence-electron chi connectivity index (χ2n) is 5.74. The molecule has 2 aromatic rings. The Labute approximate surface area is 171 Å². The fourth-order valence-electron chi connectivity index (χ4n) is 2.40. The molecule has 0 saturated carbocycles. The molecule has 2 N–H and O–H groups in total. The van der Waals surface area contributed by atoms with Crippen LogP contribution in [0, 0.1) is 14.1 Å². The van der Waals surface area contributed by atoms with E-state index in [1.54, 1.807) is 0 Å². The first kappa shape index (κ1) is 19.5. The van der Waals surface area contributed by atoms with Gasteiger partial charge in [-0.05, 0) is 100 Å². The van der Waals surface area contributed by atoms with Crippen LogP contribution in [0.2, 0.25) is 0 Å². The maximum Gasteiger partial charge on any atom is 0.253 e. The predicted molar refractivity (Wildman–Crippen MR) is 118 cm³/mol. The summed E-state index contributed by atoms with van der Waals surface area (Å²) in [4.78, 5) is 12.6. The monoisotopic (exact) mass is 548 g/mol. The molecule has 3 nitrogen and oxygen atoms in total. The maximum atomic E-state index is 12.6. The molecule has 1 amide bonds. The topological polar surface area (TPSA) is 41.1 Å². The van der Waals surface area contributed by atoms with Crippen LogP contribution in [0.5, 0.6) is 0 Å². The van der Waals surface area contributed by atoms with E-state index in [-0.39, 0.29) is 5.91 Å². The van der Waals surface area contributed by atoms with E-state index in [1.165, 1.54) is 3.57 Å². The molecule has 2 rings (SSSR count). The molecule has 0 aliphatic heterocycles. The number of carbonyl (C=O) groups is 1. The predicted octanol–water partition coefficient (Wildman–Crippen LogP) is 5.87. The number of halogens is 2. The van der Waals surface area contributed by atoms with Gasteiger partial charge in [0.05, 0.1) is 11.3 Å². The first-order valence-electron chi connectivity index (χ1n) is 8.12. The van der Waals surface area contributed by atoms with Crippen molar-refractivity contribution in [2.45, 2.75) is 33.1 Å². The van der Waals surface area contributed by atoms with Gasteiger partial charge in [0, 0.05) is 19.4 Å². The number of aryl methyl sites for hydroxylation is 1. The van der Waals surface area contributed by atoms with E-state index in [9.17, 15) is 4.79 Å². The normalized spacial score (nSPS) is 10.5. The second kappa shape index (κ2) is 9.60. The number of benzene rings is 2. The highest BCUT2D eigenvalue weighted by Crippen LogP contribution is 2.26. The lowest BCUT2D eigenvalue weighted by Crippen LogP contribution is -2.25. The molecule has 5 heteroatoms. The van der Waals surface area contributed by atoms with Crippen LogP contribution < -0.4 is 10.6 Å². The SMILES string of the molecule is CCCCCNC(=O)c1cc(I)ccc1Nc1ccc(I)cc1C. The van der Waals surface area contributed by atoms with Gasteiger partial charge in [-0.1, -0.05) is 19.8 Å². The first-order valence-corrected chi connectivity index (χ1v) is 10.3. The molecule has 0 unspecified atom stereocenters. The third-order valence-electron chi connectivity index (χ3n) is 3.75. The lowest BCUT2D eigenvalue weighted by atomic mass is 10.1. The molecule has 0 saturated heterocycles. The molecule has 0 aliphatic rings. The molecular weight excluding hydrogens is 526 g/mol. The van der Waals surface area contributed by atoms with E-state index >= 15 is 0 Å². The largest absolute Gasteiger partial charge is 0.355 e. The number of anilines is 2. The van der Waals surface area contributed by atoms with Crippen LogP contribution in [0.4, 0.5) is 11.4 Å². The first-order chi connectivity index (χ1) is 11.5. The van der Waals surface area contributed by atoms with Crippen LogP contribution in [-0.2, 0) is 0 Å². The highest BCUT2D eigenvalue weighted by atomic mass is 127. The fourth-order valence-corrected chi connectivity index (χ4v) is 3.54. The number of carbonyl (C=O) groups excluding carboxylic acids is 1. The number of hydrogen-bond donors (Lipinski definition) is 2. The lowest BCUT2D eigenvalue weighted by molar-refractivity contribution is 0.0953. The molecular formula is C19H22I2N2O. The summed E-state index contributed by atoms with van der Waals surface area (Å²) in [6, 6.07) is 12.2. The third-order valence-corrected chi connectivity index (χ3v) is 5.09. The van der Waals surface area contributed by atoms with Crippen LogP contribution in [-0.4, -0.2) is 12.5 Å². The minimum absolute atomic E-state index is 0.0183. The molecule has 0 aromatic heterocycles. The summed E-state index contributed by atoms with van der Waals surface area (Å²) in [6.45, 7) is 4.95.